The number of hydrogen-bond donors (Lipinski definition) is 3. The van der Waals surface area contributed by atoms with E-state index >= 15 is 0 Å². The average Bonchev–Trinajstić information content (AvgIpc) is 2.40. The summed E-state index contributed by atoms with van der Waals surface area (Å²) < 4.78 is 0. The number of amides is 2. The summed E-state index contributed by atoms with van der Waals surface area (Å²) in [5, 5.41) is 2.66. The maximum Gasteiger partial charge on any atom is 0.251 e. The molecule has 1 aromatic carbocycles. The van der Waals surface area contributed by atoms with Crippen molar-refractivity contribution in [2.24, 2.45) is 17.4 Å². The second-order valence-corrected chi connectivity index (χ2v) is 5.19. The molecule has 0 aliphatic rings. The number of carbonyl (C=O) groups excluding carboxylic acids is 2. The van der Waals surface area contributed by atoms with Gasteiger partial charge in [0.2, 0.25) is 5.91 Å². The predicted molar refractivity (Wildman–Crippen MR) is 82.4 cm³/mol. The van der Waals surface area contributed by atoms with Crippen molar-refractivity contribution in [1.82, 2.24) is 5.32 Å². The molecule has 5 N–H and O–H groups in total. The van der Waals surface area contributed by atoms with Crippen LogP contribution in [-0.2, 0) is 4.79 Å². The van der Waals surface area contributed by atoms with Gasteiger partial charge in [-0.05, 0) is 36.6 Å². The molecule has 1 atom stereocenters. The Morgan fingerprint density at radius 3 is 2.48 bits per heavy atom. The Balaban J connectivity index is 3.01. The summed E-state index contributed by atoms with van der Waals surface area (Å²) in [5.41, 5.74) is 12.7. The van der Waals surface area contributed by atoms with Gasteiger partial charge in [-0.1, -0.05) is 25.7 Å². The molecule has 0 aliphatic heterocycles. The van der Waals surface area contributed by atoms with Crippen molar-refractivity contribution >= 4 is 11.8 Å². The van der Waals surface area contributed by atoms with Crippen LogP contribution in [0.4, 0.5) is 0 Å². The summed E-state index contributed by atoms with van der Waals surface area (Å²) in [6, 6.07) is 4.58. The molecular formula is C16H21N3O2. The molecule has 1 aromatic rings. The van der Waals surface area contributed by atoms with Gasteiger partial charge in [0.05, 0.1) is 6.54 Å². The fourth-order valence-electron chi connectivity index (χ4n) is 1.93. The molecule has 0 aliphatic carbocycles. The number of hydrogen-bond acceptors (Lipinski definition) is 3. The van der Waals surface area contributed by atoms with Crippen LogP contribution in [0.3, 0.4) is 0 Å². The molecule has 0 spiro atoms. The third-order valence-electron chi connectivity index (χ3n) is 2.93. The van der Waals surface area contributed by atoms with Crippen LogP contribution in [0.25, 0.3) is 0 Å². The van der Waals surface area contributed by atoms with Crippen molar-refractivity contribution in [2.75, 3.05) is 6.54 Å². The van der Waals surface area contributed by atoms with Gasteiger partial charge in [-0.25, -0.2) is 0 Å². The van der Waals surface area contributed by atoms with Crippen molar-refractivity contribution in [3.8, 4) is 11.8 Å². The molecule has 0 heterocycles. The Kier molecular flexibility index (Phi) is 5.94. The summed E-state index contributed by atoms with van der Waals surface area (Å²) in [6.45, 7) is 5.78. The Hall–Kier alpha value is -2.32. The van der Waals surface area contributed by atoms with E-state index in [2.05, 4.69) is 17.2 Å². The molecule has 0 fully saturated rings. The van der Waals surface area contributed by atoms with Crippen LogP contribution < -0.4 is 16.8 Å². The third-order valence-corrected chi connectivity index (χ3v) is 2.93. The number of carbonyl (C=O) groups is 2. The van der Waals surface area contributed by atoms with Crippen molar-refractivity contribution in [1.29, 1.82) is 0 Å². The van der Waals surface area contributed by atoms with Crippen LogP contribution >= 0.6 is 0 Å². The van der Waals surface area contributed by atoms with Gasteiger partial charge in [-0.2, -0.15) is 0 Å². The van der Waals surface area contributed by atoms with E-state index in [0.717, 1.165) is 5.56 Å². The molecule has 5 nitrogen and oxygen atoms in total. The minimum absolute atomic E-state index is 0.0761. The first-order valence-electron chi connectivity index (χ1n) is 6.76. The number of nitrogens with one attached hydrogen (secondary N) is 1. The molecule has 0 radical (unpaired) electrons. The van der Waals surface area contributed by atoms with E-state index in [1.165, 1.54) is 0 Å². The Morgan fingerprint density at radius 2 is 1.95 bits per heavy atom. The highest BCUT2D eigenvalue weighted by molar-refractivity contribution is 5.97. The van der Waals surface area contributed by atoms with E-state index < -0.39 is 11.9 Å². The van der Waals surface area contributed by atoms with Crippen LogP contribution in [0.2, 0.25) is 0 Å². The zero-order valence-electron chi connectivity index (χ0n) is 12.6. The molecule has 1 unspecified atom stereocenters. The van der Waals surface area contributed by atoms with Gasteiger partial charge in [0.15, 0.2) is 0 Å². The third kappa shape index (κ3) is 4.93. The topological polar surface area (TPSA) is 98.2 Å². The molecule has 21 heavy (non-hydrogen) atoms. The summed E-state index contributed by atoms with van der Waals surface area (Å²) >= 11 is 0. The minimum Gasteiger partial charge on any atom is -0.368 e. The minimum atomic E-state index is -0.698. The number of primary amides is 1. The lowest BCUT2D eigenvalue weighted by molar-refractivity contribution is -0.120. The largest absolute Gasteiger partial charge is 0.368 e. The molecule has 112 valence electrons. The highest BCUT2D eigenvalue weighted by atomic mass is 16.2. The molecule has 5 heteroatoms. The maximum absolute atomic E-state index is 12.3. The average molecular weight is 287 g/mol. The fourth-order valence-corrected chi connectivity index (χ4v) is 1.93. The summed E-state index contributed by atoms with van der Waals surface area (Å²) in [4.78, 5) is 23.6. The summed E-state index contributed by atoms with van der Waals surface area (Å²) in [5.74, 6) is 4.68. The first-order chi connectivity index (χ1) is 9.85. The molecule has 0 aromatic heterocycles. The van der Waals surface area contributed by atoms with Crippen molar-refractivity contribution < 1.29 is 9.59 Å². The Morgan fingerprint density at radius 1 is 1.29 bits per heavy atom. The van der Waals surface area contributed by atoms with Gasteiger partial charge in [0.25, 0.3) is 5.91 Å². The van der Waals surface area contributed by atoms with Crippen LogP contribution in [0.5, 0.6) is 0 Å². The van der Waals surface area contributed by atoms with Gasteiger partial charge in [-0.15, -0.1) is 0 Å². The first kappa shape index (κ1) is 16.7. The zero-order valence-corrected chi connectivity index (χ0v) is 12.6. The molecule has 1 rings (SSSR count). The Labute approximate surface area is 125 Å². The number of aryl methyl sites for hydroxylation is 1. The van der Waals surface area contributed by atoms with E-state index in [9.17, 15) is 9.59 Å². The lowest BCUT2D eigenvalue weighted by atomic mass is 10.0. The van der Waals surface area contributed by atoms with E-state index in [0.29, 0.717) is 11.1 Å². The van der Waals surface area contributed by atoms with E-state index in [4.69, 9.17) is 11.5 Å². The smallest absolute Gasteiger partial charge is 0.251 e. The van der Waals surface area contributed by atoms with Crippen molar-refractivity contribution in [3.63, 3.8) is 0 Å². The molecular weight excluding hydrogens is 266 g/mol. The molecule has 0 bridgehead atoms. The van der Waals surface area contributed by atoms with E-state index in [1.807, 2.05) is 26.8 Å². The van der Waals surface area contributed by atoms with Crippen LogP contribution in [0.15, 0.2) is 18.2 Å². The lowest BCUT2D eigenvalue weighted by Gasteiger charge is -2.19. The lowest BCUT2D eigenvalue weighted by Crippen LogP contribution is -2.47. The number of benzene rings is 1. The normalized spacial score (nSPS) is 11.5. The highest BCUT2D eigenvalue weighted by Crippen LogP contribution is 2.10. The van der Waals surface area contributed by atoms with E-state index in [-0.39, 0.29) is 18.4 Å². The van der Waals surface area contributed by atoms with Crippen LogP contribution in [-0.4, -0.2) is 24.4 Å². The second-order valence-electron chi connectivity index (χ2n) is 5.19. The van der Waals surface area contributed by atoms with Gasteiger partial charge in [-0.3, -0.25) is 9.59 Å². The van der Waals surface area contributed by atoms with Gasteiger partial charge in [0, 0.05) is 11.1 Å². The van der Waals surface area contributed by atoms with Crippen molar-refractivity contribution in [2.45, 2.75) is 26.8 Å². The van der Waals surface area contributed by atoms with Crippen molar-refractivity contribution in [3.05, 3.63) is 34.9 Å². The quantitative estimate of drug-likeness (QED) is 0.705. The van der Waals surface area contributed by atoms with Gasteiger partial charge >= 0.3 is 0 Å². The summed E-state index contributed by atoms with van der Waals surface area (Å²) in [6.07, 6.45) is 0. The standard InChI is InChI=1S/C16H21N3O2/c1-10(2)14(15(18)20)19-16(21)13-8-11(3)7-12(9-13)5-4-6-17/h7-10,14H,6,17H2,1-3H3,(H2,18,20)(H,19,21). The molecule has 0 saturated carbocycles. The second kappa shape index (κ2) is 7.46. The van der Waals surface area contributed by atoms with Gasteiger partial charge in [0.1, 0.15) is 6.04 Å². The predicted octanol–water partition coefficient (Wildman–Crippen LogP) is 0.545. The Bertz CT molecular complexity index is 597. The molecule has 2 amide bonds. The zero-order chi connectivity index (χ0) is 16.0. The molecule has 0 saturated heterocycles. The number of rotatable bonds is 4. The number of nitrogens with two attached hydrogens (primary N) is 2. The van der Waals surface area contributed by atoms with Gasteiger partial charge < -0.3 is 16.8 Å². The van der Waals surface area contributed by atoms with Crippen LogP contribution in [0, 0.1) is 24.7 Å². The maximum atomic E-state index is 12.3. The fraction of sp³-hybridized carbons (Fsp3) is 0.375. The van der Waals surface area contributed by atoms with Crippen LogP contribution in [0.1, 0.15) is 35.3 Å². The monoisotopic (exact) mass is 287 g/mol. The first-order valence-corrected chi connectivity index (χ1v) is 6.76. The SMILES string of the molecule is Cc1cc(C#CCN)cc(C(=O)NC(C(N)=O)C(C)C)c1. The highest BCUT2D eigenvalue weighted by Gasteiger charge is 2.22. The summed E-state index contributed by atoms with van der Waals surface area (Å²) in [7, 11) is 0. The van der Waals surface area contributed by atoms with E-state index in [1.54, 1.807) is 12.1 Å².